The zero-order valence-electron chi connectivity index (χ0n) is 10.6. The molecule has 4 heteroatoms. The van der Waals surface area contributed by atoms with Gasteiger partial charge in [0.2, 0.25) is 5.88 Å². The third-order valence-corrected chi connectivity index (χ3v) is 2.71. The van der Waals surface area contributed by atoms with Crippen molar-refractivity contribution < 1.29 is 4.74 Å². The lowest BCUT2D eigenvalue weighted by Crippen LogP contribution is -2.19. The fourth-order valence-corrected chi connectivity index (χ4v) is 1.79. The molecule has 2 rings (SSSR count). The maximum atomic E-state index is 5.94. The lowest BCUT2D eigenvalue weighted by molar-refractivity contribution is 0.398. The number of nitrogens with two attached hydrogens (primary N) is 1. The van der Waals surface area contributed by atoms with E-state index in [-0.39, 0.29) is 0 Å². The first-order valence-electron chi connectivity index (χ1n) is 5.76. The molecule has 0 radical (unpaired) electrons. The molecule has 4 nitrogen and oxygen atoms in total. The molecule has 2 N–H and O–H groups in total. The second kappa shape index (κ2) is 5.40. The van der Waals surface area contributed by atoms with Gasteiger partial charge in [0, 0.05) is 19.7 Å². The van der Waals surface area contributed by atoms with Gasteiger partial charge in [0.15, 0.2) is 5.82 Å². The van der Waals surface area contributed by atoms with Crippen LogP contribution in [-0.4, -0.2) is 19.1 Å². The van der Waals surface area contributed by atoms with Gasteiger partial charge in [-0.15, -0.1) is 0 Å². The van der Waals surface area contributed by atoms with Crippen molar-refractivity contribution in [2.75, 3.05) is 24.8 Å². The average Bonchev–Trinajstić information content (AvgIpc) is 2.40. The predicted molar refractivity (Wildman–Crippen MR) is 73.8 cm³/mol. The van der Waals surface area contributed by atoms with Gasteiger partial charge in [-0.1, -0.05) is 30.3 Å². The normalized spacial score (nSPS) is 10.1. The molecule has 0 saturated carbocycles. The minimum absolute atomic E-state index is 0.569. The predicted octanol–water partition coefficient (Wildman–Crippen LogP) is 2.31. The second-order valence-electron chi connectivity index (χ2n) is 4.11. The van der Waals surface area contributed by atoms with E-state index in [0.29, 0.717) is 11.6 Å². The summed E-state index contributed by atoms with van der Waals surface area (Å²) in [4.78, 5) is 6.37. The van der Waals surface area contributed by atoms with Gasteiger partial charge >= 0.3 is 0 Å². The topological polar surface area (TPSA) is 51.4 Å². The molecule has 2 aromatic rings. The number of rotatable bonds is 4. The SMILES string of the molecule is COc1ccc(N)c(N(C)Cc2ccccc2)n1. The molecule has 0 unspecified atom stereocenters. The van der Waals surface area contributed by atoms with Crippen molar-refractivity contribution >= 4 is 11.5 Å². The van der Waals surface area contributed by atoms with E-state index in [1.165, 1.54) is 5.56 Å². The molecule has 0 bridgehead atoms. The largest absolute Gasteiger partial charge is 0.481 e. The van der Waals surface area contributed by atoms with Crippen LogP contribution in [0.3, 0.4) is 0 Å². The lowest BCUT2D eigenvalue weighted by Gasteiger charge is -2.20. The Morgan fingerprint density at radius 3 is 2.56 bits per heavy atom. The molecule has 18 heavy (non-hydrogen) atoms. The third kappa shape index (κ3) is 2.71. The van der Waals surface area contributed by atoms with Crippen molar-refractivity contribution in [2.45, 2.75) is 6.54 Å². The summed E-state index contributed by atoms with van der Waals surface area (Å²) >= 11 is 0. The van der Waals surface area contributed by atoms with Crippen LogP contribution in [-0.2, 0) is 6.54 Å². The number of hydrogen-bond donors (Lipinski definition) is 1. The number of nitrogens with zero attached hydrogens (tertiary/aromatic N) is 2. The zero-order valence-corrected chi connectivity index (χ0v) is 10.6. The second-order valence-corrected chi connectivity index (χ2v) is 4.11. The molecular formula is C14H17N3O. The Morgan fingerprint density at radius 2 is 1.89 bits per heavy atom. The average molecular weight is 243 g/mol. The van der Waals surface area contributed by atoms with Crippen LogP contribution in [0.4, 0.5) is 11.5 Å². The van der Waals surface area contributed by atoms with Crippen molar-refractivity contribution in [1.29, 1.82) is 0 Å². The van der Waals surface area contributed by atoms with Crippen LogP contribution in [0.2, 0.25) is 0 Å². The molecule has 1 aromatic heterocycles. The number of aromatic nitrogens is 1. The number of benzene rings is 1. The van der Waals surface area contributed by atoms with Crippen LogP contribution in [0.25, 0.3) is 0 Å². The van der Waals surface area contributed by atoms with E-state index in [4.69, 9.17) is 10.5 Å². The Bertz CT molecular complexity index is 514. The Balaban J connectivity index is 2.20. The summed E-state index contributed by atoms with van der Waals surface area (Å²) in [7, 11) is 3.56. The van der Waals surface area contributed by atoms with E-state index in [1.807, 2.05) is 36.2 Å². The highest BCUT2D eigenvalue weighted by molar-refractivity contribution is 5.63. The fraction of sp³-hybridized carbons (Fsp3) is 0.214. The monoisotopic (exact) mass is 243 g/mol. The van der Waals surface area contributed by atoms with Crippen molar-refractivity contribution in [3.63, 3.8) is 0 Å². The Morgan fingerprint density at radius 1 is 1.17 bits per heavy atom. The summed E-state index contributed by atoms with van der Waals surface area (Å²) in [6, 6.07) is 13.8. The quantitative estimate of drug-likeness (QED) is 0.895. The Kier molecular flexibility index (Phi) is 3.67. The molecule has 1 aromatic carbocycles. The molecule has 0 aliphatic rings. The maximum absolute atomic E-state index is 5.94. The molecule has 0 atom stereocenters. The van der Waals surface area contributed by atoms with E-state index in [1.54, 1.807) is 13.2 Å². The minimum Gasteiger partial charge on any atom is -0.481 e. The number of ether oxygens (including phenoxy) is 1. The van der Waals surface area contributed by atoms with Crippen molar-refractivity contribution in [3.05, 3.63) is 48.0 Å². The van der Waals surface area contributed by atoms with Crippen molar-refractivity contribution in [1.82, 2.24) is 4.98 Å². The number of nitrogen functional groups attached to an aromatic ring is 1. The van der Waals surface area contributed by atoms with Gasteiger partial charge in [-0.3, -0.25) is 0 Å². The van der Waals surface area contributed by atoms with Gasteiger partial charge in [0.25, 0.3) is 0 Å². The number of anilines is 2. The highest BCUT2D eigenvalue weighted by Gasteiger charge is 2.09. The van der Waals surface area contributed by atoms with Gasteiger partial charge in [-0.05, 0) is 11.6 Å². The van der Waals surface area contributed by atoms with Crippen molar-refractivity contribution in [2.24, 2.45) is 0 Å². The fourth-order valence-electron chi connectivity index (χ4n) is 1.79. The van der Waals surface area contributed by atoms with Crippen molar-refractivity contribution in [3.8, 4) is 5.88 Å². The van der Waals surface area contributed by atoms with Gasteiger partial charge < -0.3 is 15.4 Å². The third-order valence-electron chi connectivity index (χ3n) is 2.71. The Hall–Kier alpha value is -2.23. The summed E-state index contributed by atoms with van der Waals surface area (Å²) in [5.41, 5.74) is 7.80. The van der Waals surface area contributed by atoms with Crippen LogP contribution in [0.15, 0.2) is 42.5 Å². The molecule has 1 heterocycles. The van der Waals surface area contributed by atoms with Crippen LogP contribution in [0.5, 0.6) is 5.88 Å². The molecule has 0 aliphatic carbocycles. The van der Waals surface area contributed by atoms with E-state index < -0.39 is 0 Å². The first kappa shape index (κ1) is 12.2. The minimum atomic E-state index is 0.569. The number of pyridine rings is 1. The molecule has 94 valence electrons. The van der Waals surface area contributed by atoms with Gasteiger partial charge in [-0.2, -0.15) is 4.98 Å². The van der Waals surface area contributed by atoms with Gasteiger partial charge in [0.1, 0.15) is 0 Å². The number of hydrogen-bond acceptors (Lipinski definition) is 4. The molecule has 0 aliphatic heterocycles. The van der Waals surface area contributed by atoms with E-state index in [2.05, 4.69) is 17.1 Å². The zero-order chi connectivity index (χ0) is 13.0. The first-order chi connectivity index (χ1) is 8.70. The first-order valence-corrected chi connectivity index (χ1v) is 5.76. The summed E-state index contributed by atoms with van der Waals surface area (Å²) in [5.74, 6) is 1.30. The smallest absolute Gasteiger partial charge is 0.215 e. The standard InChI is InChI=1S/C14H17N3O/c1-17(10-11-6-4-3-5-7-11)14-12(15)8-9-13(16-14)18-2/h3-9H,10,15H2,1-2H3. The van der Waals surface area contributed by atoms with Crippen LogP contribution < -0.4 is 15.4 Å². The molecule has 0 amide bonds. The molecule has 0 saturated heterocycles. The summed E-state index contributed by atoms with van der Waals surface area (Å²) in [6.45, 7) is 0.755. The lowest BCUT2D eigenvalue weighted by atomic mass is 10.2. The molecule has 0 fully saturated rings. The van der Waals surface area contributed by atoms with E-state index in [0.717, 1.165) is 12.4 Å². The summed E-state index contributed by atoms with van der Waals surface area (Å²) in [6.07, 6.45) is 0. The van der Waals surface area contributed by atoms with Crippen LogP contribution >= 0.6 is 0 Å². The molecule has 0 spiro atoms. The highest BCUT2D eigenvalue weighted by atomic mass is 16.5. The molecular weight excluding hydrogens is 226 g/mol. The van der Waals surface area contributed by atoms with Crippen LogP contribution in [0, 0.1) is 0 Å². The summed E-state index contributed by atoms with van der Waals surface area (Å²) in [5, 5.41) is 0. The Labute approximate surface area is 107 Å². The van der Waals surface area contributed by atoms with Gasteiger partial charge in [0.05, 0.1) is 12.8 Å². The van der Waals surface area contributed by atoms with E-state index >= 15 is 0 Å². The summed E-state index contributed by atoms with van der Waals surface area (Å²) < 4.78 is 5.12. The number of methoxy groups -OCH3 is 1. The van der Waals surface area contributed by atoms with Gasteiger partial charge in [-0.25, -0.2) is 0 Å². The highest BCUT2D eigenvalue weighted by Crippen LogP contribution is 2.23. The van der Waals surface area contributed by atoms with Crippen LogP contribution in [0.1, 0.15) is 5.56 Å². The maximum Gasteiger partial charge on any atom is 0.215 e. The van der Waals surface area contributed by atoms with E-state index in [9.17, 15) is 0 Å².